The maximum atomic E-state index is 11.9. The predicted octanol–water partition coefficient (Wildman–Crippen LogP) is 1.20. The number of nitro groups is 1. The van der Waals surface area contributed by atoms with Gasteiger partial charge in [0.15, 0.2) is 6.10 Å². The Morgan fingerprint density at radius 3 is 2.33 bits per heavy atom. The molecule has 8 heteroatoms. The number of nitrogens with one attached hydrogen (secondary N) is 1. The van der Waals surface area contributed by atoms with Crippen LogP contribution in [0.3, 0.4) is 0 Å². The fraction of sp³-hybridized carbons (Fsp3) is 0.385. The van der Waals surface area contributed by atoms with Gasteiger partial charge in [-0.15, -0.1) is 0 Å². The van der Waals surface area contributed by atoms with Crippen LogP contribution < -0.4 is 10.1 Å². The van der Waals surface area contributed by atoms with Crippen LogP contribution in [0.25, 0.3) is 0 Å². The Morgan fingerprint density at radius 1 is 1.33 bits per heavy atom. The van der Waals surface area contributed by atoms with E-state index in [9.17, 15) is 19.7 Å². The van der Waals surface area contributed by atoms with Crippen LogP contribution in [0.2, 0.25) is 0 Å². The van der Waals surface area contributed by atoms with Crippen molar-refractivity contribution in [3.05, 3.63) is 34.4 Å². The summed E-state index contributed by atoms with van der Waals surface area (Å²) in [7, 11) is 0. The number of carboxylic acid groups (broad SMARTS) is 1. The molecule has 2 N–H and O–H groups in total. The molecule has 1 aromatic rings. The average Bonchev–Trinajstić information content (AvgIpc) is 2.42. The fourth-order valence-corrected chi connectivity index (χ4v) is 1.55. The Hall–Kier alpha value is -2.64. The van der Waals surface area contributed by atoms with Crippen molar-refractivity contribution in [3.63, 3.8) is 0 Å². The van der Waals surface area contributed by atoms with Crippen molar-refractivity contribution >= 4 is 17.6 Å². The summed E-state index contributed by atoms with van der Waals surface area (Å²) >= 11 is 0. The summed E-state index contributed by atoms with van der Waals surface area (Å²) in [5.74, 6) is -1.61. The first-order valence-electron chi connectivity index (χ1n) is 6.22. The Labute approximate surface area is 120 Å². The third kappa shape index (κ3) is 5.09. The number of ether oxygens (including phenoxy) is 1. The van der Waals surface area contributed by atoms with Gasteiger partial charge in [0.05, 0.1) is 4.92 Å². The van der Waals surface area contributed by atoms with Gasteiger partial charge in [-0.05, 0) is 18.1 Å². The van der Waals surface area contributed by atoms with Crippen molar-refractivity contribution in [1.29, 1.82) is 0 Å². The maximum Gasteiger partial charge on any atom is 0.322 e. The zero-order valence-corrected chi connectivity index (χ0v) is 11.6. The lowest BCUT2D eigenvalue weighted by Gasteiger charge is -2.21. The van der Waals surface area contributed by atoms with Crippen LogP contribution in [-0.4, -0.2) is 34.6 Å². The van der Waals surface area contributed by atoms with E-state index in [2.05, 4.69) is 5.32 Å². The number of carbonyl (C=O) groups is 2. The highest BCUT2D eigenvalue weighted by Crippen LogP contribution is 2.20. The highest BCUT2D eigenvalue weighted by atomic mass is 16.6. The zero-order valence-electron chi connectivity index (χ0n) is 11.6. The average molecular weight is 296 g/mol. The molecule has 0 bridgehead atoms. The van der Waals surface area contributed by atoms with Gasteiger partial charge >= 0.3 is 5.97 Å². The Morgan fingerprint density at radius 2 is 1.90 bits per heavy atom. The lowest BCUT2D eigenvalue weighted by Crippen LogP contribution is -2.43. The van der Waals surface area contributed by atoms with Gasteiger partial charge in [-0.25, -0.2) is 0 Å². The molecule has 0 aliphatic carbocycles. The number of aliphatic carboxylic acids is 1. The van der Waals surface area contributed by atoms with Crippen molar-refractivity contribution in [2.45, 2.75) is 20.0 Å². The number of nitro benzene ring substituents is 1. The summed E-state index contributed by atoms with van der Waals surface area (Å²) in [5.41, 5.74) is -0.0845. The highest BCUT2D eigenvalue weighted by Gasteiger charge is 2.24. The molecule has 0 aliphatic heterocycles. The van der Waals surface area contributed by atoms with E-state index in [1.54, 1.807) is 13.8 Å². The number of hydrogen-bond acceptors (Lipinski definition) is 5. The van der Waals surface area contributed by atoms with Crippen LogP contribution in [0.1, 0.15) is 13.8 Å². The molecule has 114 valence electrons. The number of carbonyl (C=O) groups excluding carboxylic acids is 1. The molecule has 0 aromatic heterocycles. The summed E-state index contributed by atoms with van der Waals surface area (Å²) < 4.78 is 5.48. The Bertz CT molecular complexity index is 526. The molecular formula is C13H16N2O6. The van der Waals surface area contributed by atoms with Crippen molar-refractivity contribution < 1.29 is 24.4 Å². The van der Waals surface area contributed by atoms with E-state index in [-0.39, 0.29) is 11.6 Å². The van der Waals surface area contributed by atoms with Crippen LogP contribution in [0.5, 0.6) is 5.75 Å². The molecule has 1 rings (SSSR count). The number of benzene rings is 1. The minimum atomic E-state index is -1.15. The number of rotatable bonds is 7. The van der Waals surface area contributed by atoms with Crippen LogP contribution in [0.4, 0.5) is 5.69 Å². The first-order chi connectivity index (χ1) is 9.81. The van der Waals surface area contributed by atoms with Gasteiger partial charge in [0, 0.05) is 12.1 Å². The number of carboxylic acids is 1. The van der Waals surface area contributed by atoms with Crippen molar-refractivity contribution in [3.8, 4) is 5.75 Å². The number of amides is 1. The van der Waals surface area contributed by atoms with Crippen LogP contribution >= 0.6 is 0 Å². The van der Waals surface area contributed by atoms with Gasteiger partial charge in [-0.1, -0.05) is 13.8 Å². The molecule has 0 radical (unpaired) electrons. The van der Waals surface area contributed by atoms with E-state index >= 15 is 0 Å². The summed E-state index contributed by atoms with van der Waals surface area (Å²) in [6.07, 6.45) is -0.884. The van der Waals surface area contributed by atoms with Gasteiger partial charge in [0.2, 0.25) is 0 Å². The molecule has 0 saturated carbocycles. The number of nitrogens with zero attached hydrogens (tertiary/aromatic N) is 1. The largest absolute Gasteiger partial charge is 0.480 e. The standard InChI is InChI=1S/C13H16N2O6/c1-8(2)12(13(18)14-7-11(16)17)21-10-5-3-9(4-6-10)15(19)20/h3-6,8,12H,7H2,1-2H3,(H,14,18)(H,16,17). The summed E-state index contributed by atoms with van der Waals surface area (Å²) in [4.78, 5) is 32.3. The lowest BCUT2D eigenvalue weighted by molar-refractivity contribution is -0.384. The highest BCUT2D eigenvalue weighted by molar-refractivity contribution is 5.84. The maximum absolute atomic E-state index is 11.9. The molecule has 0 spiro atoms. The Kier molecular flexibility index (Phi) is 5.65. The molecule has 0 heterocycles. The predicted molar refractivity (Wildman–Crippen MR) is 73.0 cm³/mol. The third-order valence-corrected chi connectivity index (χ3v) is 2.59. The third-order valence-electron chi connectivity index (χ3n) is 2.59. The monoisotopic (exact) mass is 296 g/mol. The molecular weight excluding hydrogens is 280 g/mol. The topological polar surface area (TPSA) is 119 Å². The summed E-state index contributed by atoms with van der Waals surface area (Å²) in [6.45, 7) is 3.00. The molecule has 1 unspecified atom stereocenters. The summed E-state index contributed by atoms with van der Waals surface area (Å²) in [6, 6.07) is 5.31. The number of non-ortho nitro benzene ring substituents is 1. The van der Waals surface area contributed by atoms with E-state index in [1.165, 1.54) is 24.3 Å². The fourth-order valence-electron chi connectivity index (χ4n) is 1.55. The molecule has 0 aliphatic rings. The smallest absolute Gasteiger partial charge is 0.322 e. The van der Waals surface area contributed by atoms with E-state index in [4.69, 9.17) is 9.84 Å². The van der Waals surface area contributed by atoms with E-state index in [0.717, 1.165) is 0 Å². The lowest BCUT2D eigenvalue weighted by atomic mass is 10.1. The van der Waals surface area contributed by atoms with Gasteiger partial charge in [0.25, 0.3) is 11.6 Å². The normalized spacial score (nSPS) is 11.8. The minimum Gasteiger partial charge on any atom is -0.480 e. The molecule has 1 amide bonds. The van der Waals surface area contributed by atoms with Crippen LogP contribution in [-0.2, 0) is 9.59 Å². The summed E-state index contributed by atoms with van der Waals surface area (Å²) in [5, 5.41) is 21.3. The van der Waals surface area contributed by atoms with Crippen LogP contribution in [0.15, 0.2) is 24.3 Å². The van der Waals surface area contributed by atoms with Crippen molar-refractivity contribution in [2.24, 2.45) is 5.92 Å². The second-order valence-corrected chi connectivity index (χ2v) is 4.65. The van der Waals surface area contributed by atoms with Crippen molar-refractivity contribution in [2.75, 3.05) is 6.54 Å². The SMILES string of the molecule is CC(C)C(Oc1ccc([N+](=O)[O-])cc1)C(=O)NCC(=O)O. The van der Waals surface area contributed by atoms with Gasteiger partial charge in [0.1, 0.15) is 12.3 Å². The zero-order chi connectivity index (χ0) is 16.0. The van der Waals surface area contributed by atoms with Gasteiger partial charge in [-0.3, -0.25) is 19.7 Å². The Balaban J connectivity index is 2.76. The van der Waals surface area contributed by atoms with E-state index < -0.39 is 29.4 Å². The van der Waals surface area contributed by atoms with Gasteiger partial charge < -0.3 is 15.2 Å². The van der Waals surface area contributed by atoms with E-state index in [1.807, 2.05) is 0 Å². The molecule has 8 nitrogen and oxygen atoms in total. The molecule has 0 fully saturated rings. The molecule has 0 saturated heterocycles. The minimum absolute atomic E-state index is 0.0845. The first kappa shape index (κ1) is 16.4. The molecule has 21 heavy (non-hydrogen) atoms. The second kappa shape index (κ2) is 7.22. The van der Waals surface area contributed by atoms with E-state index in [0.29, 0.717) is 5.75 Å². The quantitative estimate of drug-likeness (QED) is 0.576. The first-order valence-corrected chi connectivity index (χ1v) is 6.22. The van der Waals surface area contributed by atoms with Gasteiger partial charge in [-0.2, -0.15) is 0 Å². The molecule has 1 aromatic carbocycles. The van der Waals surface area contributed by atoms with Crippen LogP contribution in [0, 0.1) is 16.0 Å². The number of hydrogen-bond donors (Lipinski definition) is 2. The molecule has 1 atom stereocenters. The second-order valence-electron chi connectivity index (χ2n) is 4.65. The van der Waals surface area contributed by atoms with Crippen molar-refractivity contribution in [1.82, 2.24) is 5.32 Å².